The molecule has 1 nitrogen and oxygen atoms in total. The molecule has 0 saturated heterocycles. The molecule has 0 aromatic rings. The Hall–Kier alpha value is 0.527. The summed E-state index contributed by atoms with van der Waals surface area (Å²) in [5.74, 6) is 0. The highest BCUT2D eigenvalue weighted by molar-refractivity contribution is 7.80. The first-order valence-corrected chi connectivity index (χ1v) is 6.99. The smallest absolute Gasteiger partial charge is 0.182 e. The number of hydrogen-bond donors (Lipinski definition) is 2. The third-order valence-corrected chi connectivity index (χ3v) is 2.94. The molecule has 0 heterocycles. The van der Waals surface area contributed by atoms with Crippen LogP contribution in [0.3, 0.4) is 0 Å². The van der Waals surface area contributed by atoms with Crippen LogP contribution in [-0.2, 0) is 0 Å². The Morgan fingerprint density at radius 2 is 2.00 bits per heavy atom. The molecule has 0 aliphatic heterocycles. The van der Waals surface area contributed by atoms with E-state index in [4.69, 9.17) is 0 Å². The molecule has 0 bridgehead atoms. The van der Waals surface area contributed by atoms with Gasteiger partial charge in [0, 0.05) is 0 Å². The summed E-state index contributed by atoms with van der Waals surface area (Å²) in [5.41, 5.74) is 0. The van der Waals surface area contributed by atoms with Crippen molar-refractivity contribution in [1.82, 2.24) is 0 Å². The van der Waals surface area contributed by atoms with E-state index < -0.39 is 8.32 Å². The highest BCUT2D eigenvalue weighted by Gasteiger charge is 2.16. The molecule has 3 heteroatoms. The van der Waals surface area contributed by atoms with E-state index >= 15 is 0 Å². The molecule has 0 aromatic carbocycles. The van der Waals surface area contributed by atoms with Crippen molar-refractivity contribution in [2.45, 2.75) is 37.7 Å². The molecular weight excluding hydrogens is 148 g/mol. The molecule has 1 N–H and O–H groups in total. The van der Waals surface area contributed by atoms with Gasteiger partial charge < -0.3 is 4.80 Å². The molecule has 0 radical (unpaired) electrons. The lowest BCUT2D eigenvalue weighted by Gasteiger charge is -2.14. The monoisotopic (exact) mass is 164 g/mol. The highest BCUT2D eigenvalue weighted by atomic mass is 32.1. The van der Waals surface area contributed by atoms with Crippen LogP contribution in [0.5, 0.6) is 0 Å². The van der Waals surface area contributed by atoms with Gasteiger partial charge in [0.15, 0.2) is 8.32 Å². The molecule has 0 aliphatic rings. The standard InChI is InChI=1S/C6H16OSSi/c1-6(8)4-5-9(2,3)7/h6-8H,4-5H2,1-3H3. The van der Waals surface area contributed by atoms with E-state index in [-0.39, 0.29) is 0 Å². The first-order chi connectivity index (χ1) is 3.92. The summed E-state index contributed by atoms with van der Waals surface area (Å²) in [6.07, 6.45) is 1.04. The van der Waals surface area contributed by atoms with Crippen molar-refractivity contribution < 1.29 is 4.80 Å². The molecule has 0 aliphatic carbocycles. The van der Waals surface area contributed by atoms with Crippen molar-refractivity contribution in [3.8, 4) is 0 Å². The molecule has 1 unspecified atom stereocenters. The van der Waals surface area contributed by atoms with Crippen LogP contribution in [0.2, 0.25) is 19.1 Å². The van der Waals surface area contributed by atoms with Gasteiger partial charge in [0.05, 0.1) is 0 Å². The fourth-order valence-corrected chi connectivity index (χ4v) is 2.07. The van der Waals surface area contributed by atoms with Crippen LogP contribution in [0.1, 0.15) is 13.3 Å². The maximum Gasteiger partial charge on any atom is 0.182 e. The Morgan fingerprint density at radius 3 is 2.11 bits per heavy atom. The molecule has 0 saturated carbocycles. The second-order valence-corrected chi connectivity index (χ2v) is 8.21. The Balaban J connectivity index is 3.28. The lowest BCUT2D eigenvalue weighted by atomic mass is 10.4. The molecule has 0 amide bonds. The molecular formula is C6H16OSSi. The Kier molecular flexibility index (Phi) is 3.85. The minimum Gasteiger partial charge on any atom is -0.432 e. The van der Waals surface area contributed by atoms with Gasteiger partial charge in [-0.25, -0.2) is 0 Å². The molecule has 0 aromatic heterocycles. The van der Waals surface area contributed by atoms with Gasteiger partial charge in [-0.15, -0.1) is 0 Å². The average Bonchev–Trinajstić information content (AvgIpc) is 1.59. The summed E-state index contributed by atoms with van der Waals surface area (Å²) in [7, 11) is -1.77. The van der Waals surface area contributed by atoms with E-state index in [1.807, 2.05) is 13.1 Å². The Labute approximate surface area is 64.0 Å². The molecule has 0 rings (SSSR count). The van der Waals surface area contributed by atoms with Crippen molar-refractivity contribution in [3.05, 3.63) is 0 Å². The first kappa shape index (κ1) is 9.53. The van der Waals surface area contributed by atoms with Crippen LogP contribution in [0.25, 0.3) is 0 Å². The SMILES string of the molecule is CC(S)CC[Si](C)(C)O. The zero-order valence-corrected chi connectivity index (χ0v) is 8.28. The fraction of sp³-hybridized carbons (Fsp3) is 1.00. The van der Waals surface area contributed by atoms with Gasteiger partial charge in [0.1, 0.15) is 0 Å². The minimum absolute atomic E-state index is 0.434. The van der Waals surface area contributed by atoms with Crippen LogP contribution in [-0.4, -0.2) is 18.4 Å². The van der Waals surface area contributed by atoms with Crippen LogP contribution >= 0.6 is 12.6 Å². The number of thiol groups is 1. The van der Waals surface area contributed by atoms with Gasteiger partial charge in [-0.3, -0.25) is 0 Å². The summed E-state index contributed by atoms with van der Waals surface area (Å²) in [6.45, 7) is 5.98. The minimum atomic E-state index is -1.77. The van der Waals surface area contributed by atoms with E-state index in [0.29, 0.717) is 5.25 Å². The second kappa shape index (κ2) is 3.64. The van der Waals surface area contributed by atoms with E-state index in [0.717, 1.165) is 12.5 Å². The second-order valence-electron chi connectivity index (χ2n) is 3.20. The summed E-state index contributed by atoms with van der Waals surface area (Å²) in [4.78, 5) is 9.37. The van der Waals surface area contributed by atoms with E-state index in [1.165, 1.54) is 0 Å². The van der Waals surface area contributed by atoms with Gasteiger partial charge >= 0.3 is 0 Å². The maximum absolute atomic E-state index is 9.37. The van der Waals surface area contributed by atoms with Gasteiger partial charge in [0.25, 0.3) is 0 Å². The molecule has 0 fully saturated rings. The zero-order chi connectivity index (χ0) is 7.49. The summed E-state index contributed by atoms with van der Waals surface area (Å²) >= 11 is 4.22. The van der Waals surface area contributed by atoms with Crippen molar-refractivity contribution in [2.24, 2.45) is 0 Å². The van der Waals surface area contributed by atoms with Crippen LogP contribution in [0.4, 0.5) is 0 Å². The maximum atomic E-state index is 9.37. The normalized spacial score (nSPS) is 15.7. The van der Waals surface area contributed by atoms with E-state index in [2.05, 4.69) is 19.6 Å². The van der Waals surface area contributed by atoms with Crippen molar-refractivity contribution in [2.75, 3.05) is 0 Å². The van der Waals surface area contributed by atoms with Gasteiger partial charge in [-0.05, 0) is 30.8 Å². The molecule has 56 valence electrons. The Morgan fingerprint density at radius 1 is 1.56 bits per heavy atom. The average molecular weight is 164 g/mol. The highest BCUT2D eigenvalue weighted by Crippen LogP contribution is 2.12. The van der Waals surface area contributed by atoms with E-state index in [1.54, 1.807) is 0 Å². The van der Waals surface area contributed by atoms with Gasteiger partial charge in [-0.1, -0.05) is 6.92 Å². The molecule has 9 heavy (non-hydrogen) atoms. The van der Waals surface area contributed by atoms with Crippen molar-refractivity contribution >= 4 is 20.9 Å². The number of rotatable bonds is 3. The summed E-state index contributed by atoms with van der Waals surface area (Å²) in [6, 6.07) is 0.970. The lowest BCUT2D eigenvalue weighted by molar-refractivity contribution is 0.544. The fourth-order valence-electron chi connectivity index (χ4n) is 0.562. The quantitative estimate of drug-likeness (QED) is 0.482. The Bertz CT molecular complexity index is 77.6. The van der Waals surface area contributed by atoms with Crippen LogP contribution in [0, 0.1) is 0 Å². The van der Waals surface area contributed by atoms with Crippen molar-refractivity contribution in [1.29, 1.82) is 0 Å². The summed E-state index contributed by atoms with van der Waals surface area (Å²) in [5, 5.41) is 0.434. The topological polar surface area (TPSA) is 20.2 Å². The van der Waals surface area contributed by atoms with Gasteiger partial charge in [-0.2, -0.15) is 12.6 Å². The predicted octanol–water partition coefficient (Wildman–Crippen LogP) is 1.89. The third kappa shape index (κ3) is 8.53. The largest absolute Gasteiger partial charge is 0.432 e. The summed E-state index contributed by atoms with van der Waals surface area (Å²) < 4.78 is 0. The number of hydrogen-bond acceptors (Lipinski definition) is 2. The van der Waals surface area contributed by atoms with Crippen LogP contribution < -0.4 is 0 Å². The predicted molar refractivity (Wildman–Crippen MR) is 47.6 cm³/mol. The molecule has 1 atom stereocenters. The van der Waals surface area contributed by atoms with Crippen LogP contribution in [0.15, 0.2) is 0 Å². The van der Waals surface area contributed by atoms with Crippen molar-refractivity contribution in [3.63, 3.8) is 0 Å². The zero-order valence-electron chi connectivity index (χ0n) is 6.39. The first-order valence-electron chi connectivity index (χ1n) is 3.32. The lowest BCUT2D eigenvalue weighted by Crippen LogP contribution is -2.25. The molecule has 0 spiro atoms. The van der Waals surface area contributed by atoms with E-state index in [9.17, 15) is 4.80 Å². The van der Waals surface area contributed by atoms with Gasteiger partial charge in [0.2, 0.25) is 0 Å². The third-order valence-electron chi connectivity index (χ3n) is 1.17.